The number of hydrogen-bond acceptors (Lipinski definition) is 4. The molecule has 1 saturated heterocycles. The molecule has 32 heavy (non-hydrogen) atoms. The molecule has 0 bridgehead atoms. The number of rotatable bonds is 6. The van der Waals surface area contributed by atoms with E-state index in [-0.39, 0.29) is 12.5 Å². The zero-order valence-electron chi connectivity index (χ0n) is 17.8. The molecule has 1 amide bonds. The van der Waals surface area contributed by atoms with Gasteiger partial charge in [0.25, 0.3) is 5.91 Å². The van der Waals surface area contributed by atoms with Gasteiger partial charge >= 0.3 is 0 Å². The van der Waals surface area contributed by atoms with Gasteiger partial charge in [0, 0.05) is 34.3 Å². The molecule has 1 aliphatic heterocycles. The lowest BCUT2D eigenvalue weighted by Gasteiger charge is -2.14. The molecule has 7 heteroatoms. The van der Waals surface area contributed by atoms with E-state index in [4.69, 9.17) is 27.9 Å². The van der Waals surface area contributed by atoms with Crippen LogP contribution in [0.3, 0.4) is 0 Å². The molecule has 0 aromatic heterocycles. The van der Waals surface area contributed by atoms with Crippen molar-refractivity contribution in [3.05, 3.63) is 80.7 Å². The van der Waals surface area contributed by atoms with Crippen LogP contribution < -0.4 is 4.74 Å². The number of thioether (sulfide) groups is 1. The van der Waals surface area contributed by atoms with Crippen molar-refractivity contribution < 1.29 is 9.53 Å². The summed E-state index contributed by atoms with van der Waals surface area (Å²) in [5, 5.41) is 3.95. The first kappa shape index (κ1) is 22.7. The molecule has 1 fully saturated rings. The Kier molecular flexibility index (Phi) is 7.09. The zero-order chi connectivity index (χ0) is 22.7. The summed E-state index contributed by atoms with van der Waals surface area (Å²) in [6.07, 6.45) is 1.91. The van der Waals surface area contributed by atoms with Crippen molar-refractivity contribution in [1.29, 1.82) is 0 Å². The van der Waals surface area contributed by atoms with Crippen molar-refractivity contribution in [3.63, 3.8) is 0 Å². The van der Waals surface area contributed by atoms with Crippen molar-refractivity contribution in [1.82, 2.24) is 4.90 Å². The van der Waals surface area contributed by atoms with E-state index in [2.05, 4.69) is 4.99 Å². The average molecular weight is 485 g/mol. The van der Waals surface area contributed by atoms with Crippen LogP contribution in [0.1, 0.15) is 25.0 Å². The van der Waals surface area contributed by atoms with Gasteiger partial charge in [-0.15, -0.1) is 0 Å². The van der Waals surface area contributed by atoms with Gasteiger partial charge in [-0.2, -0.15) is 0 Å². The number of amidine groups is 1. The maximum absolute atomic E-state index is 13.0. The van der Waals surface area contributed by atoms with Crippen LogP contribution in [0.4, 0.5) is 0 Å². The standard InChI is InChI=1S/C25H22Cl2N2O2S/c1-3-28-25-29(4-2)24(30)23(32-25)14-20-19-8-6-5-7-16(19)10-12-22(20)31-15-17-9-11-18(26)13-21(17)27/h5-14H,3-4,15H2,1-2H3/b23-14+,28-25?. The number of halogens is 2. The van der Waals surface area contributed by atoms with Gasteiger partial charge in [-0.25, -0.2) is 0 Å². The lowest BCUT2D eigenvalue weighted by Crippen LogP contribution is -2.28. The van der Waals surface area contributed by atoms with Crippen LogP contribution in [-0.2, 0) is 11.4 Å². The van der Waals surface area contributed by atoms with Crippen molar-refractivity contribution in [2.75, 3.05) is 13.1 Å². The molecule has 0 radical (unpaired) electrons. The van der Waals surface area contributed by atoms with Gasteiger partial charge in [-0.05, 0) is 60.7 Å². The highest BCUT2D eigenvalue weighted by atomic mass is 35.5. The molecule has 164 valence electrons. The third-order valence-corrected chi connectivity index (χ3v) is 6.73. The molecule has 4 rings (SSSR count). The molecule has 0 atom stereocenters. The summed E-state index contributed by atoms with van der Waals surface area (Å²) >= 11 is 13.7. The highest BCUT2D eigenvalue weighted by Gasteiger charge is 2.32. The first-order valence-electron chi connectivity index (χ1n) is 10.4. The largest absolute Gasteiger partial charge is 0.488 e. The van der Waals surface area contributed by atoms with E-state index in [9.17, 15) is 4.79 Å². The fourth-order valence-corrected chi connectivity index (χ4v) is 5.07. The van der Waals surface area contributed by atoms with E-state index in [1.165, 1.54) is 11.8 Å². The summed E-state index contributed by atoms with van der Waals surface area (Å²) in [7, 11) is 0. The smallest absolute Gasteiger partial charge is 0.266 e. The first-order chi connectivity index (χ1) is 15.5. The van der Waals surface area contributed by atoms with Crippen LogP contribution in [0, 0.1) is 0 Å². The molecule has 3 aromatic rings. The predicted octanol–water partition coefficient (Wildman–Crippen LogP) is 7.04. The maximum atomic E-state index is 13.0. The SMILES string of the molecule is CCN=C1S/C(=C/c2c(OCc3ccc(Cl)cc3Cl)ccc3ccccc23)C(=O)N1CC. The summed E-state index contributed by atoms with van der Waals surface area (Å²) < 4.78 is 6.19. The van der Waals surface area contributed by atoms with E-state index < -0.39 is 0 Å². The molecule has 0 unspecified atom stereocenters. The number of hydrogen-bond donors (Lipinski definition) is 0. The number of carbonyl (C=O) groups is 1. The average Bonchev–Trinajstić information content (AvgIpc) is 3.08. The molecule has 1 aliphatic rings. The van der Waals surface area contributed by atoms with Crippen LogP contribution in [-0.4, -0.2) is 29.1 Å². The Morgan fingerprint density at radius 3 is 2.66 bits per heavy atom. The van der Waals surface area contributed by atoms with Gasteiger partial charge in [0.1, 0.15) is 12.4 Å². The first-order valence-corrected chi connectivity index (χ1v) is 11.9. The third kappa shape index (κ3) is 4.65. The van der Waals surface area contributed by atoms with Crippen molar-refractivity contribution in [3.8, 4) is 5.75 Å². The molecule has 0 aliphatic carbocycles. The minimum absolute atomic E-state index is 0.0377. The summed E-state index contributed by atoms with van der Waals surface area (Å²) in [6, 6.07) is 17.3. The number of carbonyl (C=O) groups excluding carboxylic acids is 1. The molecular weight excluding hydrogens is 463 g/mol. The second-order valence-electron chi connectivity index (χ2n) is 7.14. The zero-order valence-corrected chi connectivity index (χ0v) is 20.1. The number of amides is 1. The lowest BCUT2D eigenvalue weighted by molar-refractivity contribution is -0.122. The summed E-state index contributed by atoms with van der Waals surface area (Å²) in [6.45, 7) is 5.41. The topological polar surface area (TPSA) is 41.9 Å². The number of likely N-dealkylation sites (N-methyl/N-ethyl adjacent to an activating group) is 1. The number of ether oxygens (including phenoxy) is 1. The van der Waals surface area contributed by atoms with Gasteiger partial charge in [0.05, 0.1) is 4.91 Å². The van der Waals surface area contributed by atoms with Crippen LogP contribution in [0.25, 0.3) is 16.8 Å². The lowest BCUT2D eigenvalue weighted by atomic mass is 10.0. The summed E-state index contributed by atoms with van der Waals surface area (Å²) in [4.78, 5) is 19.8. The van der Waals surface area contributed by atoms with Gasteiger partial charge < -0.3 is 4.74 Å². The molecule has 0 N–H and O–H groups in total. The number of nitrogens with zero attached hydrogens (tertiary/aromatic N) is 2. The van der Waals surface area contributed by atoms with Crippen LogP contribution >= 0.6 is 35.0 Å². The third-order valence-electron chi connectivity index (χ3n) is 5.10. The van der Waals surface area contributed by atoms with Crippen LogP contribution in [0.5, 0.6) is 5.75 Å². The highest BCUT2D eigenvalue weighted by molar-refractivity contribution is 8.18. The number of benzene rings is 3. The predicted molar refractivity (Wildman–Crippen MR) is 136 cm³/mol. The van der Waals surface area contributed by atoms with E-state index >= 15 is 0 Å². The van der Waals surface area contributed by atoms with E-state index in [0.29, 0.717) is 33.8 Å². The van der Waals surface area contributed by atoms with Gasteiger partial charge in [-0.3, -0.25) is 14.7 Å². The van der Waals surface area contributed by atoms with Crippen molar-refractivity contribution >= 4 is 62.9 Å². The second-order valence-corrected chi connectivity index (χ2v) is 8.99. The summed E-state index contributed by atoms with van der Waals surface area (Å²) in [5.41, 5.74) is 1.70. The Hall–Kier alpha value is -2.47. The van der Waals surface area contributed by atoms with Gasteiger partial charge in [-0.1, -0.05) is 59.6 Å². The minimum atomic E-state index is -0.0377. The van der Waals surface area contributed by atoms with E-state index in [1.807, 2.05) is 62.4 Å². The molecule has 0 spiro atoms. The van der Waals surface area contributed by atoms with Gasteiger partial charge in [0.15, 0.2) is 5.17 Å². The van der Waals surface area contributed by atoms with E-state index in [0.717, 1.165) is 27.1 Å². The van der Waals surface area contributed by atoms with Crippen molar-refractivity contribution in [2.45, 2.75) is 20.5 Å². The summed E-state index contributed by atoms with van der Waals surface area (Å²) in [5.74, 6) is 0.642. The molecular formula is C25H22Cl2N2O2S. The van der Waals surface area contributed by atoms with Crippen LogP contribution in [0.2, 0.25) is 10.0 Å². The normalized spacial score (nSPS) is 16.5. The molecule has 4 nitrogen and oxygen atoms in total. The monoisotopic (exact) mass is 484 g/mol. The van der Waals surface area contributed by atoms with Crippen molar-refractivity contribution in [2.24, 2.45) is 4.99 Å². The highest BCUT2D eigenvalue weighted by Crippen LogP contribution is 2.37. The number of fused-ring (bicyclic) bond motifs is 1. The maximum Gasteiger partial charge on any atom is 0.266 e. The quantitative estimate of drug-likeness (QED) is 0.352. The Morgan fingerprint density at radius 2 is 1.91 bits per heavy atom. The Bertz CT molecular complexity index is 1240. The fraction of sp³-hybridized carbons (Fsp3) is 0.200. The van der Waals surface area contributed by atoms with Crippen LogP contribution in [0.15, 0.2) is 64.5 Å². The Morgan fingerprint density at radius 1 is 1.09 bits per heavy atom. The van der Waals surface area contributed by atoms with Gasteiger partial charge in [0.2, 0.25) is 0 Å². The molecule has 0 saturated carbocycles. The molecule has 1 heterocycles. The van der Waals surface area contributed by atoms with E-state index in [1.54, 1.807) is 17.0 Å². The Balaban J connectivity index is 1.75. The fourth-order valence-electron chi connectivity index (χ4n) is 3.52. The Labute approximate surface area is 201 Å². The minimum Gasteiger partial charge on any atom is -0.488 e. The second kappa shape index (κ2) is 9.99. The molecule has 3 aromatic carbocycles. The number of aliphatic imine (C=N–C) groups is 1.